The van der Waals surface area contributed by atoms with Crippen molar-refractivity contribution < 1.29 is 9.59 Å². The van der Waals surface area contributed by atoms with Crippen LogP contribution in [0.15, 0.2) is 53.4 Å². The number of benzene rings is 2. The fourth-order valence-electron chi connectivity index (χ4n) is 2.55. The van der Waals surface area contributed by atoms with Crippen LogP contribution < -0.4 is 10.6 Å². The number of para-hydroxylation sites is 1. The van der Waals surface area contributed by atoms with Crippen LogP contribution in [-0.4, -0.2) is 17.6 Å². The summed E-state index contributed by atoms with van der Waals surface area (Å²) in [5.74, 6) is 0.112. The van der Waals surface area contributed by atoms with Crippen molar-refractivity contribution >= 4 is 29.3 Å². The average molecular weight is 340 g/mol. The summed E-state index contributed by atoms with van der Waals surface area (Å²) in [6.45, 7) is 2.52. The van der Waals surface area contributed by atoms with E-state index in [1.807, 2.05) is 55.5 Å². The van der Waals surface area contributed by atoms with Crippen molar-refractivity contribution in [1.82, 2.24) is 5.32 Å². The maximum atomic E-state index is 12.3. The van der Waals surface area contributed by atoms with Gasteiger partial charge < -0.3 is 10.6 Å². The number of nitrogens with one attached hydrogen (secondary N) is 2. The lowest BCUT2D eigenvalue weighted by Gasteiger charge is -2.13. The van der Waals surface area contributed by atoms with Gasteiger partial charge >= 0.3 is 0 Å². The van der Waals surface area contributed by atoms with Gasteiger partial charge in [-0.05, 0) is 24.6 Å². The van der Waals surface area contributed by atoms with Gasteiger partial charge in [-0.1, -0.05) is 42.0 Å². The topological polar surface area (TPSA) is 58.2 Å². The highest BCUT2D eigenvalue weighted by atomic mass is 32.2. The van der Waals surface area contributed by atoms with Gasteiger partial charge in [0.2, 0.25) is 11.8 Å². The van der Waals surface area contributed by atoms with Crippen LogP contribution in [-0.2, 0) is 16.1 Å². The molecular formula is C19H20N2O2S. The molecule has 0 unspecified atom stereocenters. The van der Waals surface area contributed by atoms with Gasteiger partial charge in [0.05, 0.1) is 11.6 Å². The lowest BCUT2D eigenvalue weighted by molar-refractivity contribution is -0.126. The highest BCUT2D eigenvalue weighted by Gasteiger charge is 2.26. The summed E-state index contributed by atoms with van der Waals surface area (Å²) in [5.41, 5.74) is 3.08. The lowest BCUT2D eigenvalue weighted by atomic mass is 10.1. The van der Waals surface area contributed by atoms with Crippen molar-refractivity contribution in [3.63, 3.8) is 0 Å². The van der Waals surface area contributed by atoms with E-state index in [-0.39, 0.29) is 24.2 Å². The number of aryl methyl sites for hydroxylation is 1. The number of anilines is 1. The smallest absolute Gasteiger partial charge is 0.228 e. The third-order valence-corrected chi connectivity index (χ3v) is 5.23. The molecule has 2 aromatic carbocycles. The highest BCUT2D eigenvalue weighted by molar-refractivity contribution is 7.99. The molecule has 0 saturated carbocycles. The van der Waals surface area contributed by atoms with Crippen LogP contribution in [0.2, 0.25) is 0 Å². The van der Waals surface area contributed by atoms with Crippen LogP contribution in [0.1, 0.15) is 17.5 Å². The van der Waals surface area contributed by atoms with Crippen molar-refractivity contribution in [2.24, 2.45) is 5.92 Å². The van der Waals surface area contributed by atoms with Gasteiger partial charge in [-0.15, -0.1) is 11.8 Å². The van der Waals surface area contributed by atoms with Gasteiger partial charge in [0.1, 0.15) is 0 Å². The standard InChI is InChI=1S/C19H20N2O2S/c1-13-6-8-14(9-7-13)11-20-18(22)10-15-12-24-17-5-3-2-4-16(17)21-19(15)23/h2-9,15H,10-12H2,1H3,(H,20,22)(H,21,23)/t15-/m0/s1. The van der Waals surface area contributed by atoms with Crippen molar-refractivity contribution in [3.05, 3.63) is 59.7 Å². The highest BCUT2D eigenvalue weighted by Crippen LogP contribution is 2.33. The summed E-state index contributed by atoms with van der Waals surface area (Å²) in [6, 6.07) is 15.8. The first kappa shape index (κ1) is 16.6. The summed E-state index contributed by atoms with van der Waals surface area (Å²) in [7, 11) is 0. The van der Waals surface area contributed by atoms with E-state index in [1.54, 1.807) is 11.8 Å². The van der Waals surface area contributed by atoms with E-state index < -0.39 is 0 Å². The Morgan fingerprint density at radius 3 is 2.75 bits per heavy atom. The second kappa shape index (κ2) is 7.53. The Balaban J connectivity index is 1.55. The first-order valence-corrected chi connectivity index (χ1v) is 8.95. The molecule has 0 bridgehead atoms. The van der Waals surface area contributed by atoms with Gasteiger partial charge in [-0.2, -0.15) is 0 Å². The maximum absolute atomic E-state index is 12.3. The van der Waals surface area contributed by atoms with Crippen molar-refractivity contribution in [2.75, 3.05) is 11.1 Å². The minimum Gasteiger partial charge on any atom is -0.352 e. The van der Waals surface area contributed by atoms with Gasteiger partial charge in [0.15, 0.2) is 0 Å². The van der Waals surface area contributed by atoms with E-state index in [1.165, 1.54) is 5.56 Å². The van der Waals surface area contributed by atoms with Crippen molar-refractivity contribution in [3.8, 4) is 0 Å². The molecular weight excluding hydrogens is 320 g/mol. The SMILES string of the molecule is Cc1ccc(CNC(=O)C[C@H]2CSc3ccccc3NC2=O)cc1. The van der Waals surface area contributed by atoms with E-state index in [0.717, 1.165) is 16.1 Å². The third-order valence-electron chi connectivity index (χ3n) is 4.00. The normalized spacial score (nSPS) is 16.7. The second-order valence-corrected chi connectivity index (χ2v) is 7.02. The van der Waals surface area contributed by atoms with Gasteiger partial charge in [-0.3, -0.25) is 9.59 Å². The number of hydrogen-bond donors (Lipinski definition) is 2. The summed E-state index contributed by atoms with van der Waals surface area (Å²) >= 11 is 1.62. The second-order valence-electron chi connectivity index (χ2n) is 5.96. The minimum atomic E-state index is -0.319. The van der Waals surface area contributed by atoms with E-state index >= 15 is 0 Å². The Kier molecular flexibility index (Phi) is 5.20. The maximum Gasteiger partial charge on any atom is 0.228 e. The van der Waals surface area contributed by atoms with E-state index in [2.05, 4.69) is 10.6 Å². The molecule has 0 aliphatic carbocycles. The van der Waals surface area contributed by atoms with Crippen LogP contribution in [0.25, 0.3) is 0 Å². The van der Waals surface area contributed by atoms with Gasteiger partial charge in [-0.25, -0.2) is 0 Å². The fourth-order valence-corrected chi connectivity index (χ4v) is 3.65. The zero-order chi connectivity index (χ0) is 16.9. The largest absolute Gasteiger partial charge is 0.352 e. The number of thioether (sulfide) groups is 1. The van der Waals surface area contributed by atoms with Crippen LogP contribution in [0.5, 0.6) is 0 Å². The molecule has 4 nitrogen and oxygen atoms in total. The molecule has 2 aromatic rings. The Labute approximate surface area is 146 Å². The summed E-state index contributed by atoms with van der Waals surface area (Å²) in [6.07, 6.45) is 0.207. The Morgan fingerprint density at radius 2 is 1.96 bits per heavy atom. The molecule has 124 valence electrons. The third kappa shape index (κ3) is 4.17. The number of fused-ring (bicyclic) bond motifs is 1. The van der Waals surface area contributed by atoms with Crippen LogP contribution in [0.3, 0.4) is 0 Å². The molecule has 0 spiro atoms. The number of hydrogen-bond acceptors (Lipinski definition) is 3. The molecule has 0 fully saturated rings. The zero-order valence-corrected chi connectivity index (χ0v) is 14.4. The van der Waals surface area contributed by atoms with Crippen LogP contribution in [0.4, 0.5) is 5.69 Å². The quantitative estimate of drug-likeness (QED) is 0.897. The number of amides is 2. The minimum absolute atomic E-state index is 0.0852. The molecule has 1 atom stereocenters. The summed E-state index contributed by atoms with van der Waals surface area (Å²) < 4.78 is 0. The molecule has 0 aromatic heterocycles. The van der Waals surface area contributed by atoms with E-state index in [9.17, 15) is 9.59 Å². The van der Waals surface area contributed by atoms with Crippen molar-refractivity contribution in [1.29, 1.82) is 0 Å². The zero-order valence-electron chi connectivity index (χ0n) is 13.5. The molecule has 1 aliphatic heterocycles. The van der Waals surface area contributed by atoms with E-state index in [0.29, 0.717) is 12.3 Å². The average Bonchev–Trinajstić information content (AvgIpc) is 2.74. The molecule has 3 rings (SSSR count). The lowest BCUT2D eigenvalue weighted by Crippen LogP contribution is -2.31. The predicted molar refractivity (Wildman–Crippen MR) is 96.9 cm³/mol. The molecule has 24 heavy (non-hydrogen) atoms. The molecule has 0 saturated heterocycles. The molecule has 5 heteroatoms. The predicted octanol–water partition coefficient (Wildman–Crippen LogP) is 3.36. The van der Waals surface area contributed by atoms with Gasteiger partial charge in [0.25, 0.3) is 0 Å². The number of rotatable bonds is 4. The summed E-state index contributed by atoms with van der Waals surface area (Å²) in [4.78, 5) is 25.6. The molecule has 2 N–H and O–H groups in total. The Morgan fingerprint density at radius 1 is 1.21 bits per heavy atom. The Bertz CT molecular complexity index is 743. The first-order valence-electron chi connectivity index (χ1n) is 7.97. The van der Waals surface area contributed by atoms with Crippen molar-refractivity contribution in [2.45, 2.75) is 24.8 Å². The number of carbonyl (C=O) groups is 2. The van der Waals surface area contributed by atoms with Gasteiger partial charge in [0, 0.05) is 23.6 Å². The molecule has 0 radical (unpaired) electrons. The monoisotopic (exact) mass is 340 g/mol. The Hall–Kier alpha value is -2.27. The fraction of sp³-hybridized carbons (Fsp3) is 0.263. The first-order chi connectivity index (χ1) is 11.6. The molecule has 2 amide bonds. The van der Waals surface area contributed by atoms with Crippen LogP contribution in [0, 0.1) is 12.8 Å². The summed E-state index contributed by atoms with van der Waals surface area (Å²) in [5, 5.41) is 5.82. The van der Waals surface area contributed by atoms with Crippen LogP contribution >= 0.6 is 11.8 Å². The number of carbonyl (C=O) groups excluding carboxylic acids is 2. The van der Waals surface area contributed by atoms with E-state index in [4.69, 9.17) is 0 Å². The molecule has 1 heterocycles. The molecule has 1 aliphatic rings.